The van der Waals surface area contributed by atoms with Crippen LogP contribution in [0.15, 0.2) is 59.5 Å². The fraction of sp³-hybridized carbons (Fsp3) is 0.391. The summed E-state index contributed by atoms with van der Waals surface area (Å²) in [6, 6.07) is 17.2. The van der Waals surface area contributed by atoms with Gasteiger partial charge in [-0.15, -0.1) is 0 Å². The molecule has 30 heavy (non-hydrogen) atoms. The Morgan fingerprint density at radius 3 is 2.23 bits per heavy atom. The van der Waals surface area contributed by atoms with E-state index in [1.165, 1.54) is 12.1 Å². The monoisotopic (exact) mass is 428 g/mol. The molecule has 2 rings (SSSR count). The number of benzene rings is 2. The summed E-state index contributed by atoms with van der Waals surface area (Å²) in [5, 5.41) is 12.5. The van der Waals surface area contributed by atoms with E-state index in [1.54, 1.807) is 32.9 Å². The molecule has 1 N–H and O–H groups in total. The minimum absolute atomic E-state index is 0.157. The summed E-state index contributed by atoms with van der Waals surface area (Å²) in [5.74, 6) is -1.36. The molecule has 6 nitrogen and oxygen atoms in total. The molecule has 0 fully saturated rings. The van der Waals surface area contributed by atoms with Gasteiger partial charge >= 0.3 is 6.09 Å². The smallest absolute Gasteiger partial charge is 0.407 e. The highest BCUT2D eigenvalue weighted by atomic mass is 32.2. The average Bonchev–Trinajstić information content (AvgIpc) is 2.65. The Morgan fingerprint density at radius 1 is 1.10 bits per heavy atom. The van der Waals surface area contributed by atoms with Crippen LogP contribution in [0, 0.1) is 24.2 Å². The van der Waals surface area contributed by atoms with E-state index in [0.717, 1.165) is 11.1 Å². The number of aryl methyl sites for hydroxylation is 1. The van der Waals surface area contributed by atoms with Crippen LogP contribution in [0.25, 0.3) is 0 Å². The van der Waals surface area contributed by atoms with Crippen LogP contribution in [0.1, 0.15) is 31.9 Å². The maximum atomic E-state index is 12.9. The van der Waals surface area contributed by atoms with Gasteiger partial charge in [-0.25, -0.2) is 13.2 Å². The lowest BCUT2D eigenvalue weighted by Gasteiger charge is -2.26. The van der Waals surface area contributed by atoms with Gasteiger partial charge in [0.25, 0.3) is 0 Å². The number of nitriles is 1. The van der Waals surface area contributed by atoms with Crippen LogP contribution in [0.5, 0.6) is 0 Å². The summed E-state index contributed by atoms with van der Waals surface area (Å²) in [6.07, 6.45) is -0.377. The van der Waals surface area contributed by atoms with Crippen molar-refractivity contribution in [2.45, 2.75) is 50.7 Å². The van der Waals surface area contributed by atoms with Gasteiger partial charge < -0.3 is 10.1 Å². The first kappa shape index (κ1) is 23.4. The number of nitrogens with one attached hydrogen (secondary N) is 1. The molecule has 0 saturated heterocycles. The van der Waals surface area contributed by atoms with Gasteiger partial charge in [-0.05, 0) is 51.8 Å². The van der Waals surface area contributed by atoms with Crippen LogP contribution >= 0.6 is 0 Å². The van der Waals surface area contributed by atoms with E-state index < -0.39 is 39.2 Å². The second-order valence-electron chi connectivity index (χ2n) is 8.27. The molecule has 160 valence electrons. The Labute approximate surface area is 178 Å². The topological polar surface area (TPSA) is 96.3 Å². The second-order valence-corrected chi connectivity index (χ2v) is 10.3. The zero-order valence-corrected chi connectivity index (χ0v) is 18.6. The number of hydrogen-bond donors (Lipinski definition) is 1. The van der Waals surface area contributed by atoms with Gasteiger partial charge in [-0.2, -0.15) is 5.26 Å². The van der Waals surface area contributed by atoms with Crippen molar-refractivity contribution >= 4 is 15.9 Å². The summed E-state index contributed by atoms with van der Waals surface area (Å²) >= 11 is 0. The van der Waals surface area contributed by atoms with Gasteiger partial charge in [-0.1, -0.05) is 48.0 Å². The zero-order chi connectivity index (χ0) is 22.4. The molecule has 0 radical (unpaired) electrons. The van der Waals surface area contributed by atoms with E-state index in [4.69, 9.17) is 4.74 Å². The SMILES string of the molecule is Cc1ccc(S(=O)(=O)C[C@H](C#N)[C@H](Cc2ccccc2)NC(=O)OC(C)(C)C)cc1. The number of carbonyl (C=O) groups excluding carboxylic acids is 1. The number of alkyl carbamates (subject to hydrolysis) is 1. The molecule has 2 aromatic carbocycles. The minimum atomic E-state index is -3.71. The van der Waals surface area contributed by atoms with E-state index in [9.17, 15) is 18.5 Å². The summed E-state index contributed by atoms with van der Waals surface area (Å²) in [7, 11) is -3.71. The van der Waals surface area contributed by atoms with Gasteiger partial charge in [0.05, 0.1) is 28.7 Å². The summed E-state index contributed by atoms with van der Waals surface area (Å²) in [4.78, 5) is 12.5. The van der Waals surface area contributed by atoms with Crippen molar-refractivity contribution in [3.8, 4) is 6.07 Å². The third-order valence-corrected chi connectivity index (χ3v) is 6.22. The minimum Gasteiger partial charge on any atom is -0.444 e. The van der Waals surface area contributed by atoms with Gasteiger partial charge in [0.2, 0.25) is 0 Å². The summed E-state index contributed by atoms with van der Waals surface area (Å²) in [5.41, 5.74) is 1.11. The molecule has 2 atom stereocenters. The van der Waals surface area contributed by atoms with Gasteiger partial charge in [0, 0.05) is 0 Å². The maximum Gasteiger partial charge on any atom is 0.407 e. The average molecular weight is 429 g/mol. The van der Waals surface area contributed by atoms with Gasteiger partial charge in [-0.3, -0.25) is 0 Å². The Kier molecular flexibility index (Phi) is 7.63. The molecule has 0 aliphatic carbocycles. The first-order valence-electron chi connectivity index (χ1n) is 9.72. The highest BCUT2D eigenvalue weighted by Gasteiger charge is 2.31. The predicted octanol–water partition coefficient (Wildman–Crippen LogP) is 4.04. The zero-order valence-electron chi connectivity index (χ0n) is 17.8. The molecular formula is C23H28N2O4S. The van der Waals surface area contributed by atoms with E-state index in [2.05, 4.69) is 11.4 Å². The molecule has 0 aliphatic heterocycles. The van der Waals surface area contributed by atoms with Gasteiger partial charge in [0.1, 0.15) is 5.60 Å². The predicted molar refractivity (Wildman–Crippen MR) is 116 cm³/mol. The third kappa shape index (κ3) is 7.20. The van der Waals surface area contributed by atoms with Crippen LogP contribution in [0.2, 0.25) is 0 Å². The molecule has 0 aliphatic rings. The van der Waals surface area contributed by atoms with Crippen molar-refractivity contribution in [1.82, 2.24) is 5.32 Å². The van der Waals surface area contributed by atoms with E-state index in [0.29, 0.717) is 6.42 Å². The molecule has 0 spiro atoms. The van der Waals surface area contributed by atoms with E-state index in [-0.39, 0.29) is 4.90 Å². The molecule has 1 amide bonds. The number of nitrogens with zero attached hydrogens (tertiary/aromatic N) is 1. The summed E-state index contributed by atoms with van der Waals surface area (Å²) < 4.78 is 31.1. The largest absolute Gasteiger partial charge is 0.444 e. The van der Waals surface area contributed by atoms with Crippen molar-refractivity contribution < 1.29 is 17.9 Å². The lowest BCUT2D eigenvalue weighted by molar-refractivity contribution is 0.0495. The van der Waals surface area contributed by atoms with Crippen molar-refractivity contribution in [2.24, 2.45) is 5.92 Å². The number of hydrogen-bond acceptors (Lipinski definition) is 5. The van der Waals surface area contributed by atoms with Crippen LogP contribution < -0.4 is 5.32 Å². The molecule has 0 aromatic heterocycles. The number of rotatable bonds is 7. The molecular weight excluding hydrogens is 400 g/mol. The number of ether oxygens (including phenoxy) is 1. The van der Waals surface area contributed by atoms with Crippen LogP contribution in [0.4, 0.5) is 4.79 Å². The van der Waals surface area contributed by atoms with Crippen molar-refractivity contribution in [2.75, 3.05) is 5.75 Å². The lowest BCUT2D eigenvalue weighted by Crippen LogP contribution is -2.45. The molecule has 0 bridgehead atoms. The first-order chi connectivity index (χ1) is 14.0. The normalized spacial score (nSPS) is 13.7. The highest BCUT2D eigenvalue weighted by Crippen LogP contribution is 2.20. The first-order valence-corrected chi connectivity index (χ1v) is 11.4. The Morgan fingerprint density at radius 2 is 1.70 bits per heavy atom. The van der Waals surface area contributed by atoms with Crippen LogP contribution in [0.3, 0.4) is 0 Å². The van der Waals surface area contributed by atoms with Crippen molar-refractivity contribution in [1.29, 1.82) is 5.26 Å². The Hall–Kier alpha value is -2.85. The quantitative estimate of drug-likeness (QED) is 0.718. The van der Waals surface area contributed by atoms with Crippen LogP contribution in [-0.4, -0.2) is 31.9 Å². The number of sulfone groups is 1. The third-order valence-electron chi connectivity index (χ3n) is 4.43. The van der Waals surface area contributed by atoms with Gasteiger partial charge in [0.15, 0.2) is 9.84 Å². The fourth-order valence-electron chi connectivity index (χ4n) is 2.94. The standard InChI is InChI=1S/C23H28N2O4S/c1-17-10-12-20(13-11-17)30(27,28)16-19(15-24)21(14-18-8-6-5-7-9-18)25-22(26)29-23(2,3)4/h5-13,19,21H,14,16H2,1-4H3,(H,25,26)/t19-,21-/m0/s1. The molecule has 0 heterocycles. The van der Waals surface area contributed by atoms with Crippen molar-refractivity contribution in [3.63, 3.8) is 0 Å². The number of carbonyl (C=O) groups is 1. The second kappa shape index (κ2) is 9.77. The highest BCUT2D eigenvalue weighted by molar-refractivity contribution is 7.91. The Bertz CT molecular complexity index is 988. The number of amides is 1. The fourth-order valence-corrected chi connectivity index (χ4v) is 4.47. The van der Waals surface area contributed by atoms with E-state index in [1.807, 2.05) is 37.3 Å². The maximum absolute atomic E-state index is 12.9. The molecule has 0 unspecified atom stereocenters. The van der Waals surface area contributed by atoms with Crippen molar-refractivity contribution in [3.05, 3.63) is 65.7 Å². The lowest BCUT2D eigenvalue weighted by atomic mass is 9.96. The van der Waals surface area contributed by atoms with E-state index >= 15 is 0 Å². The molecule has 7 heteroatoms. The molecule has 0 saturated carbocycles. The Balaban J connectivity index is 2.27. The summed E-state index contributed by atoms with van der Waals surface area (Å²) in [6.45, 7) is 7.09. The molecule has 2 aromatic rings. The van der Waals surface area contributed by atoms with Crippen LogP contribution in [-0.2, 0) is 21.0 Å².